The molecule has 9 aromatic carbocycles. The number of fused-ring (bicyclic) bond motifs is 4. The molecule has 0 aromatic heterocycles. The van der Waals surface area contributed by atoms with Crippen LogP contribution >= 0.6 is 0 Å². The predicted octanol–water partition coefficient (Wildman–Crippen LogP) is 11.6. The topological polar surface area (TPSA) is 397 Å². The average molecular weight is 1170 g/mol. The monoisotopic (exact) mass is 1170 g/mol. The van der Waals surface area contributed by atoms with Crippen LogP contribution < -0.4 is 14.8 Å². The Bertz CT molecular complexity index is 4730. The lowest BCUT2D eigenvalue weighted by Gasteiger charge is -2.13. The van der Waals surface area contributed by atoms with Crippen LogP contribution in [-0.4, -0.2) is 83.7 Å². The minimum absolute atomic E-state index is 0.0220. The molecule has 0 unspecified atom stereocenters. The summed E-state index contributed by atoms with van der Waals surface area (Å²) in [5.41, 5.74) is -0.486. The number of ether oxygens (including phenoxy) is 2. The molecule has 79 heavy (non-hydrogen) atoms. The third kappa shape index (κ3) is 11.6. The Morgan fingerprint density at radius 3 is 1.59 bits per heavy atom. The lowest BCUT2D eigenvalue weighted by Crippen LogP contribution is -2.03. The fraction of sp³-hybridized carbons (Fsp3) is 0.0612. The standard InChI is InChI=1S/C49H37N7O18S5/c1-3-74-43-25-42(54-51-29-21-39-35(45(22-29)78(67,68)69)5-4-6-44(39)77(64,65)66)38-24-32(76(61,62)63)13-16-36(38)47(43)55-52-40-17-18-41(37-23-31(75(58,59)60)12-15-34(37)40)53-56-48-46(79(70,71)72)20-26-19-28(9-14-33(26)49(48)57)50-27-7-10-30(73-2)11-8-27/h4-25,50,57H,3H2,1-2H3,(H,58,59,60)(H,61,62,63)(H,64,65,66)(H,67,68,69)(H,70,71,72). The normalized spacial score (nSPS) is 12.9. The van der Waals surface area contributed by atoms with Gasteiger partial charge in [-0.25, -0.2) is 0 Å². The summed E-state index contributed by atoms with van der Waals surface area (Å²) in [6.45, 7) is 1.56. The predicted molar refractivity (Wildman–Crippen MR) is 287 cm³/mol. The van der Waals surface area contributed by atoms with E-state index >= 15 is 0 Å². The van der Waals surface area contributed by atoms with Crippen LogP contribution in [0.4, 0.5) is 45.5 Å². The maximum atomic E-state index is 12.8. The van der Waals surface area contributed by atoms with Crippen molar-refractivity contribution in [2.24, 2.45) is 30.7 Å². The molecule has 0 aliphatic heterocycles. The van der Waals surface area contributed by atoms with Gasteiger partial charge in [-0.15, -0.1) is 25.6 Å². The SMILES string of the molecule is CCOc1cc(N=Nc2cc(S(=O)(=O)O)c3cccc(S(=O)(=O)O)c3c2)c2cc(S(=O)(=O)O)ccc2c1N=Nc1ccc(N=Nc2c(S(=O)(=O)O)cc3cc(Nc4ccc(OC)cc4)ccc3c2O)c2cc(S(=O)(=O)O)ccc12. The van der Waals surface area contributed by atoms with Gasteiger partial charge in [-0.3, -0.25) is 22.8 Å². The minimum atomic E-state index is -5.12. The van der Waals surface area contributed by atoms with Crippen molar-refractivity contribution in [3.63, 3.8) is 0 Å². The summed E-state index contributed by atoms with van der Waals surface area (Å²) in [5, 5.41) is 39.4. The van der Waals surface area contributed by atoms with E-state index in [4.69, 9.17) is 9.47 Å². The first kappa shape index (κ1) is 55.3. The van der Waals surface area contributed by atoms with Gasteiger partial charge in [0.15, 0.2) is 5.75 Å². The summed E-state index contributed by atoms with van der Waals surface area (Å²) >= 11 is 0. The molecule has 0 heterocycles. The van der Waals surface area contributed by atoms with Crippen molar-refractivity contribution in [2.75, 3.05) is 19.0 Å². The molecule has 0 aliphatic rings. The second-order valence-electron chi connectivity index (χ2n) is 16.8. The summed E-state index contributed by atoms with van der Waals surface area (Å²) in [6, 6.07) is 27.9. The summed E-state index contributed by atoms with van der Waals surface area (Å²) < 4.78 is 187. The third-order valence-electron chi connectivity index (χ3n) is 11.8. The van der Waals surface area contributed by atoms with Crippen molar-refractivity contribution < 1.29 is 79.4 Å². The number of anilines is 2. The van der Waals surface area contributed by atoms with E-state index in [1.54, 1.807) is 37.3 Å². The molecule has 0 atom stereocenters. The van der Waals surface area contributed by atoms with E-state index in [1.165, 1.54) is 55.6 Å². The Kier molecular flexibility index (Phi) is 14.5. The van der Waals surface area contributed by atoms with E-state index < -0.39 is 86.5 Å². The van der Waals surface area contributed by atoms with Gasteiger partial charge in [-0.1, -0.05) is 24.3 Å². The Hall–Kier alpha value is -8.43. The van der Waals surface area contributed by atoms with Crippen LogP contribution in [0, 0.1) is 0 Å². The zero-order chi connectivity index (χ0) is 57.0. The molecule has 30 heteroatoms. The summed E-state index contributed by atoms with van der Waals surface area (Å²) in [5.74, 6) is -0.189. The van der Waals surface area contributed by atoms with E-state index in [0.717, 1.165) is 54.6 Å². The van der Waals surface area contributed by atoms with Gasteiger partial charge in [-0.05, 0) is 115 Å². The van der Waals surface area contributed by atoms with Crippen LogP contribution in [-0.2, 0) is 50.6 Å². The molecular weight excluding hydrogens is 1130 g/mol. The van der Waals surface area contributed by atoms with Crippen molar-refractivity contribution in [1.82, 2.24) is 0 Å². The molecular formula is C49H37N7O18S5. The molecule has 0 saturated carbocycles. The largest absolute Gasteiger partial charge is 0.505 e. The van der Waals surface area contributed by atoms with Crippen molar-refractivity contribution >= 4 is 139 Å². The highest BCUT2D eigenvalue weighted by atomic mass is 32.2. The van der Waals surface area contributed by atoms with Crippen molar-refractivity contribution in [2.45, 2.75) is 31.4 Å². The molecule has 0 radical (unpaired) electrons. The minimum Gasteiger partial charge on any atom is -0.505 e. The van der Waals surface area contributed by atoms with E-state index in [2.05, 4.69) is 36.0 Å². The van der Waals surface area contributed by atoms with Crippen LogP contribution in [0.2, 0.25) is 0 Å². The highest BCUT2D eigenvalue weighted by Gasteiger charge is 2.25. The number of benzene rings is 9. The number of methoxy groups -OCH3 is 1. The number of phenolic OH excluding ortho intramolecular Hbond substituents is 1. The van der Waals surface area contributed by atoms with E-state index in [0.29, 0.717) is 17.1 Å². The summed E-state index contributed by atoms with van der Waals surface area (Å²) in [7, 11) is -23.4. The van der Waals surface area contributed by atoms with Gasteiger partial charge < -0.3 is 19.9 Å². The van der Waals surface area contributed by atoms with Gasteiger partial charge in [0.1, 0.15) is 37.6 Å². The second kappa shape index (κ2) is 20.7. The molecule has 7 N–H and O–H groups in total. The van der Waals surface area contributed by atoms with Crippen LogP contribution in [0.5, 0.6) is 17.2 Å². The van der Waals surface area contributed by atoms with Crippen LogP contribution in [0.3, 0.4) is 0 Å². The van der Waals surface area contributed by atoms with E-state index in [-0.39, 0.29) is 83.9 Å². The van der Waals surface area contributed by atoms with Gasteiger partial charge in [0.2, 0.25) is 0 Å². The fourth-order valence-corrected chi connectivity index (χ4v) is 11.4. The highest BCUT2D eigenvalue weighted by molar-refractivity contribution is 7.87. The number of phenols is 1. The van der Waals surface area contributed by atoms with E-state index in [9.17, 15) is 70.0 Å². The molecule has 0 aliphatic carbocycles. The molecule has 0 fully saturated rings. The number of nitrogens with zero attached hydrogens (tertiary/aromatic N) is 6. The number of azo groups is 3. The maximum absolute atomic E-state index is 12.8. The van der Waals surface area contributed by atoms with E-state index in [1.807, 2.05) is 0 Å². The third-order valence-corrected chi connectivity index (χ3v) is 16.2. The van der Waals surface area contributed by atoms with Crippen LogP contribution in [0.25, 0.3) is 43.1 Å². The molecule has 0 bridgehead atoms. The zero-order valence-electron chi connectivity index (χ0n) is 40.2. The molecule has 0 amide bonds. The molecule has 9 aromatic rings. The quantitative estimate of drug-likeness (QED) is 0.0349. The highest BCUT2D eigenvalue weighted by Crippen LogP contribution is 2.47. The van der Waals surface area contributed by atoms with Crippen molar-refractivity contribution in [3.8, 4) is 17.2 Å². The Balaban J connectivity index is 1.16. The van der Waals surface area contributed by atoms with Gasteiger partial charge in [0, 0.05) is 55.1 Å². The first-order valence-electron chi connectivity index (χ1n) is 22.3. The Morgan fingerprint density at radius 2 is 1.00 bits per heavy atom. The molecule has 406 valence electrons. The molecule has 0 saturated heterocycles. The lowest BCUT2D eigenvalue weighted by molar-refractivity contribution is 0.342. The van der Waals surface area contributed by atoms with Gasteiger partial charge >= 0.3 is 0 Å². The van der Waals surface area contributed by atoms with Crippen molar-refractivity contribution in [1.29, 1.82) is 0 Å². The first-order chi connectivity index (χ1) is 37.1. The van der Waals surface area contributed by atoms with Gasteiger partial charge in [0.05, 0.1) is 46.3 Å². The number of rotatable bonds is 16. The Morgan fingerprint density at radius 1 is 0.443 bits per heavy atom. The van der Waals surface area contributed by atoms with Crippen LogP contribution in [0.15, 0.2) is 189 Å². The number of nitrogens with one attached hydrogen (secondary N) is 1. The smallest absolute Gasteiger partial charge is 0.296 e. The zero-order valence-corrected chi connectivity index (χ0v) is 44.3. The van der Waals surface area contributed by atoms with Gasteiger partial charge in [0.25, 0.3) is 50.6 Å². The average Bonchev–Trinajstić information content (AvgIpc) is 3.58. The van der Waals surface area contributed by atoms with Crippen molar-refractivity contribution in [3.05, 3.63) is 133 Å². The number of hydrogen-bond donors (Lipinski definition) is 7. The second-order valence-corrected chi connectivity index (χ2v) is 23.8. The maximum Gasteiger partial charge on any atom is 0.296 e. The fourth-order valence-electron chi connectivity index (χ4n) is 8.28. The Labute approximate surface area is 448 Å². The summed E-state index contributed by atoms with van der Waals surface area (Å²) in [6.07, 6.45) is 0. The summed E-state index contributed by atoms with van der Waals surface area (Å²) in [4.78, 5) is -3.66. The molecule has 9 rings (SSSR count). The molecule has 25 nitrogen and oxygen atoms in total. The number of hydrogen-bond acceptors (Lipinski definition) is 20. The van der Waals surface area contributed by atoms with Crippen LogP contribution in [0.1, 0.15) is 6.92 Å². The van der Waals surface area contributed by atoms with Gasteiger partial charge in [-0.2, -0.15) is 47.2 Å². The lowest BCUT2D eigenvalue weighted by atomic mass is 10.1. The number of aromatic hydroxyl groups is 1. The first-order valence-corrected chi connectivity index (χ1v) is 29.5. The molecule has 0 spiro atoms.